The van der Waals surface area contributed by atoms with Crippen LogP contribution >= 0.6 is 0 Å². The molecule has 6 nitrogen and oxygen atoms in total. The lowest BCUT2D eigenvalue weighted by Crippen LogP contribution is -2.47. The summed E-state index contributed by atoms with van der Waals surface area (Å²) in [6.07, 6.45) is 3.20. The van der Waals surface area contributed by atoms with Crippen LogP contribution in [0.15, 0.2) is 10.6 Å². The summed E-state index contributed by atoms with van der Waals surface area (Å²) in [6.45, 7) is 6.53. The number of nitrogens with one attached hydrogen (secondary N) is 1. The number of carbonyl (C=O) groups excluding carboxylic acids is 1. The first-order chi connectivity index (χ1) is 9.69. The highest BCUT2D eigenvalue weighted by Crippen LogP contribution is 2.13. The molecule has 1 fully saturated rings. The van der Waals surface area contributed by atoms with Crippen molar-refractivity contribution in [2.24, 2.45) is 0 Å². The zero-order valence-corrected chi connectivity index (χ0v) is 12.2. The molecule has 0 bridgehead atoms. The standard InChI is InChI=1S/C14H23N3O3/c1-3-7-19-12-5-4-6-17(10-12)14(18)15-9-13-8-11(2)16-20-13/h8,12H,3-7,9-10H2,1-2H3,(H,15,18). The molecule has 1 atom stereocenters. The average molecular weight is 281 g/mol. The van der Waals surface area contributed by atoms with Crippen LogP contribution in [0, 0.1) is 6.92 Å². The lowest BCUT2D eigenvalue weighted by Gasteiger charge is -2.32. The predicted octanol–water partition coefficient (Wildman–Crippen LogP) is 2.08. The third-order valence-corrected chi connectivity index (χ3v) is 3.31. The van der Waals surface area contributed by atoms with E-state index in [1.165, 1.54) is 0 Å². The van der Waals surface area contributed by atoms with E-state index in [4.69, 9.17) is 9.26 Å². The topological polar surface area (TPSA) is 67.6 Å². The number of urea groups is 1. The molecule has 0 aliphatic carbocycles. The lowest BCUT2D eigenvalue weighted by atomic mass is 10.1. The average Bonchev–Trinajstić information content (AvgIpc) is 2.88. The molecule has 2 heterocycles. The van der Waals surface area contributed by atoms with Crippen LogP contribution in [0.4, 0.5) is 4.79 Å². The number of nitrogens with zero attached hydrogens (tertiary/aromatic N) is 2. The molecule has 6 heteroatoms. The number of aromatic nitrogens is 1. The second-order valence-electron chi connectivity index (χ2n) is 5.17. The molecule has 0 aromatic carbocycles. The molecule has 1 aromatic rings. The number of ether oxygens (including phenoxy) is 1. The van der Waals surface area contributed by atoms with Crippen molar-refractivity contribution in [1.29, 1.82) is 0 Å². The second kappa shape index (κ2) is 7.28. The minimum absolute atomic E-state index is 0.0659. The summed E-state index contributed by atoms with van der Waals surface area (Å²) in [4.78, 5) is 13.9. The number of aryl methyl sites for hydroxylation is 1. The SMILES string of the molecule is CCCOC1CCCN(C(=O)NCc2cc(C)no2)C1. The van der Waals surface area contributed by atoms with E-state index >= 15 is 0 Å². The Hall–Kier alpha value is -1.56. The molecule has 1 unspecified atom stereocenters. The fourth-order valence-electron chi connectivity index (χ4n) is 2.32. The molecule has 0 saturated carbocycles. The zero-order chi connectivity index (χ0) is 14.4. The summed E-state index contributed by atoms with van der Waals surface area (Å²) in [5.41, 5.74) is 0.820. The molecule has 20 heavy (non-hydrogen) atoms. The van der Waals surface area contributed by atoms with Gasteiger partial charge in [-0.25, -0.2) is 4.79 Å². The van der Waals surface area contributed by atoms with Crippen LogP contribution in [0.3, 0.4) is 0 Å². The Labute approximate surface area is 119 Å². The largest absolute Gasteiger partial charge is 0.376 e. The van der Waals surface area contributed by atoms with Crippen molar-refractivity contribution in [3.05, 3.63) is 17.5 Å². The van der Waals surface area contributed by atoms with Gasteiger partial charge in [-0.3, -0.25) is 0 Å². The highest BCUT2D eigenvalue weighted by molar-refractivity contribution is 5.74. The number of amides is 2. The van der Waals surface area contributed by atoms with E-state index in [1.54, 1.807) is 0 Å². The molecular formula is C14H23N3O3. The molecule has 2 amide bonds. The quantitative estimate of drug-likeness (QED) is 0.897. The Morgan fingerprint density at radius 3 is 3.20 bits per heavy atom. The van der Waals surface area contributed by atoms with Gasteiger partial charge in [0.05, 0.1) is 18.3 Å². The van der Waals surface area contributed by atoms with E-state index in [9.17, 15) is 4.79 Å². The van der Waals surface area contributed by atoms with Gasteiger partial charge in [-0.1, -0.05) is 12.1 Å². The van der Waals surface area contributed by atoms with Gasteiger partial charge < -0.3 is 19.5 Å². The van der Waals surface area contributed by atoms with E-state index in [0.29, 0.717) is 18.8 Å². The Morgan fingerprint density at radius 1 is 1.65 bits per heavy atom. The van der Waals surface area contributed by atoms with Crippen molar-refractivity contribution >= 4 is 6.03 Å². The van der Waals surface area contributed by atoms with Gasteiger partial charge in [0.15, 0.2) is 5.76 Å². The second-order valence-corrected chi connectivity index (χ2v) is 5.17. The summed E-state index contributed by atoms with van der Waals surface area (Å²) in [6, 6.07) is 1.76. The van der Waals surface area contributed by atoms with Crippen molar-refractivity contribution in [3.8, 4) is 0 Å². The minimum Gasteiger partial charge on any atom is -0.376 e. The first kappa shape index (κ1) is 14.8. The Morgan fingerprint density at radius 2 is 2.50 bits per heavy atom. The highest BCUT2D eigenvalue weighted by Gasteiger charge is 2.23. The molecule has 1 aromatic heterocycles. The molecule has 1 saturated heterocycles. The Bertz CT molecular complexity index is 433. The van der Waals surface area contributed by atoms with Crippen LogP contribution in [-0.2, 0) is 11.3 Å². The molecule has 0 spiro atoms. The first-order valence-electron chi connectivity index (χ1n) is 7.25. The number of likely N-dealkylation sites (tertiary alicyclic amines) is 1. The molecule has 112 valence electrons. The van der Waals surface area contributed by atoms with Gasteiger partial charge in [0.1, 0.15) is 0 Å². The van der Waals surface area contributed by atoms with Crippen LogP contribution in [0.2, 0.25) is 0 Å². The molecule has 1 aliphatic rings. The van der Waals surface area contributed by atoms with Crippen molar-refractivity contribution in [1.82, 2.24) is 15.4 Å². The summed E-state index contributed by atoms with van der Waals surface area (Å²) in [5, 5.41) is 6.65. The number of carbonyl (C=O) groups is 1. The van der Waals surface area contributed by atoms with Crippen LogP contribution in [0.25, 0.3) is 0 Å². The smallest absolute Gasteiger partial charge is 0.317 e. The van der Waals surface area contributed by atoms with Gasteiger partial charge in [0.2, 0.25) is 0 Å². The monoisotopic (exact) mass is 281 g/mol. The van der Waals surface area contributed by atoms with Gasteiger partial charge in [-0.05, 0) is 26.2 Å². The maximum Gasteiger partial charge on any atom is 0.317 e. The molecule has 2 rings (SSSR count). The van der Waals surface area contributed by atoms with Crippen molar-refractivity contribution in [2.75, 3.05) is 19.7 Å². The third kappa shape index (κ3) is 4.23. The normalized spacial score (nSPS) is 19.1. The predicted molar refractivity (Wildman–Crippen MR) is 74.3 cm³/mol. The van der Waals surface area contributed by atoms with Gasteiger partial charge in [0, 0.05) is 25.8 Å². The fraction of sp³-hybridized carbons (Fsp3) is 0.714. The van der Waals surface area contributed by atoms with Crippen molar-refractivity contribution in [3.63, 3.8) is 0 Å². The zero-order valence-electron chi connectivity index (χ0n) is 12.2. The van der Waals surface area contributed by atoms with Gasteiger partial charge in [-0.2, -0.15) is 0 Å². The maximum atomic E-state index is 12.1. The summed E-state index contributed by atoms with van der Waals surface area (Å²) < 4.78 is 10.8. The number of hydrogen-bond acceptors (Lipinski definition) is 4. The van der Waals surface area contributed by atoms with E-state index in [2.05, 4.69) is 17.4 Å². The van der Waals surface area contributed by atoms with Crippen molar-refractivity contribution in [2.45, 2.75) is 45.8 Å². The van der Waals surface area contributed by atoms with Gasteiger partial charge in [-0.15, -0.1) is 0 Å². The number of rotatable bonds is 5. The summed E-state index contributed by atoms with van der Waals surface area (Å²) in [7, 11) is 0. The Kier molecular flexibility index (Phi) is 5.40. The number of piperidine rings is 1. The van der Waals surface area contributed by atoms with Crippen LogP contribution in [0.5, 0.6) is 0 Å². The van der Waals surface area contributed by atoms with Gasteiger partial charge in [0.25, 0.3) is 0 Å². The highest BCUT2D eigenvalue weighted by atomic mass is 16.5. The summed E-state index contributed by atoms with van der Waals surface area (Å²) in [5.74, 6) is 0.673. The molecule has 1 N–H and O–H groups in total. The van der Waals surface area contributed by atoms with Crippen LogP contribution < -0.4 is 5.32 Å². The van der Waals surface area contributed by atoms with Crippen LogP contribution in [-0.4, -0.2) is 41.9 Å². The van der Waals surface area contributed by atoms with E-state index < -0.39 is 0 Å². The van der Waals surface area contributed by atoms with E-state index in [1.807, 2.05) is 17.9 Å². The van der Waals surface area contributed by atoms with Crippen molar-refractivity contribution < 1.29 is 14.1 Å². The lowest BCUT2D eigenvalue weighted by molar-refractivity contribution is 0.00996. The third-order valence-electron chi connectivity index (χ3n) is 3.31. The fourth-order valence-corrected chi connectivity index (χ4v) is 2.32. The maximum absolute atomic E-state index is 12.1. The number of hydrogen-bond donors (Lipinski definition) is 1. The first-order valence-corrected chi connectivity index (χ1v) is 7.25. The molecule has 1 aliphatic heterocycles. The Balaban J connectivity index is 1.76. The molecule has 0 radical (unpaired) electrons. The molecular weight excluding hydrogens is 258 g/mol. The minimum atomic E-state index is -0.0659. The van der Waals surface area contributed by atoms with Gasteiger partial charge >= 0.3 is 6.03 Å². The van der Waals surface area contributed by atoms with E-state index in [-0.39, 0.29) is 12.1 Å². The van der Waals surface area contributed by atoms with Crippen LogP contribution in [0.1, 0.15) is 37.6 Å². The summed E-state index contributed by atoms with van der Waals surface area (Å²) >= 11 is 0. The van der Waals surface area contributed by atoms with E-state index in [0.717, 1.165) is 38.1 Å².